The number of hydrogen-bond donors (Lipinski definition) is 1. The van der Waals surface area contributed by atoms with E-state index < -0.39 is 10.0 Å². The van der Waals surface area contributed by atoms with E-state index in [-0.39, 0.29) is 30.4 Å². The van der Waals surface area contributed by atoms with E-state index in [0.29, 0.717) is 16.3 Å². The highest BCUT2D eigenvalue weighted by Crippen LogP contribution is 2.29. The Hall–Kier alpha value is -2.09. The van der Waals surface area contributed by atoms with Crippen LogP contribution in [-0.4, -0.2) is 34.5 Å². The van der Waals surface area contributed by atoms with E-state index in [1.807, 2.05) is 0 Å². The van der Waals surface area contributed by atoms with Crippen molar-refractivity contribution in [3.05, 3.63) is 53.1 Å². The summed E-state index contributed by atoms with van der Waals surface area (Å²) in [5.41, 5.74) is 1.46. The first-order valence-corrected chi connectivity index (χ1v) is 9.50. The molecule has 8 heteroatoms. The van der Waals surface area contributed by atoms with Crippen molar-refractivity contribution in [2.45, 2.75) is 11.3 Å². The zero-order valence-corrected chi connectivity index (χ0v) is 15.1. The van der Waals surface area contributed by atoms with Gasteiger partial charge in [0.15, 0.2) is 0 Å². The fourth-order valence-electron chi connectivity index (χ4n) is 2.57. The first-order valence-electron chi connectivity index (χ1n) is 7.64. The van der Waals surface area contributed by atoms with Gasteiger partial charge in [-0.3, -0.25) is 4.79 Å². The minimum atomic E-state index is -3.66. The average molecular weight is 381 g/mol. The predicted molar refractivity (Wildman–Crippen MR) is 95.7 cm³/mol. The highest BCUT2D eigenvalue weighted by molar-refractivity contribution is 7.89. The van der Waals surface area contributed by atoms with Crippen LogP contribution in [0.2, 0.25) is 5.02 Å². The maximum Gasteiger partial charge on any atom is 0.240 e. The number of halogens is 1. The highest BCUT2D eigenvalue weighted by Gasteiger charge is 2.26. The van der Waals surface area contributed by atoms with Gasteiger partial charge in [0.1, 0.15) is 12.4 Å². The molecule has 0 spiro atoms. The van der Waals surface area contributed by atoms with Crippen molar-refractivity contribution >= 4 is 33.2 Å². The van der Waals surface area contributed by atoms with E-state index in [4.69, 9.17) is 16.3 Å². The topological polar surface area (TPSA) is 75.7 Å². The Balaban J connectivity index is 1.60. The lowest BCUT2D eigenvalue weighted by Crippen LogP contribution is -2.28. The first kappa shape index (κ1) is 17.7. The van der Waals surface area contributed by atoms with Crippen LogP contribution in [0.15, 0.2) is 47.4 Å². The molecular formula is C17H17ClN2O4S. The van der Waals surface area contributed by atoms with Gasteiger partial charge in [0.25, 0.3) is 0 Å². The monoisotopic (exact) mass is 380 g/mol. The number of rotatable bonds is 6. The number of likely N-dealkylation sites (N-methyl/N-ethyl adjacent to an activating group) is 1. The molecule has 0 atom stereocenters. The van der Waals surface area contributed by atoms with Crippen LogP contribution in [0.1, 0.15) is 5.56 Å². The van der Waals surface area contributed by atoms with Crippen LogP contribution in [0.5, 0.6) is 5.75 Å². The largest absolute Gasteiger partial charge is 0.492 e. The summed E-state index contributed by atoms with van der Waals surface area (Å²) in [6, 6.07) is 11.5. The lowest BCUT2D eigenvalue weighted by molar-refractivity contribution is -0.117. The molecule has 0 unspecified atom stereocenters. The summed E-state index contributed by atoms with van der Waals surface area (Å²) in [5.74, 6) is 0.566. The first-order chi connectivity index (χ1) is 11.9. The van der Waals surface area contributed by atoms with Gasteiger partial charge in [0, 0.05) is 24.3 Å². The van der Waals surface area contributed by atoms with E-state index in [1.165, 1.54) is 11.0 Å². The Kier molecular flexibility index (Phi) is 4.99. The number of benzene rings is 2. The molecule has 0 aliphatic carbocycles. The van der Waals surface area contributed by atoms with Gasteiger partial charge in [-0.05, 0) is 48.0 Å². The van der Waals surface area contributed by atoms with E-state index >= 15 is 0 Å². The van der Waals surface area contributed by atoms with Gasteiger partial charge in [-0.1, -0.05) is 11.6 Å². The molecule has 0 aromatic heterocycles. The van der Waals surface area contributed by atoms with Crippen LogP contribution < -0.4 is 14.4 Å². The summed E-state index contributed by atoms with van der Waals surface area (Å²) in [6.07, 6.45) is 0.217. The molecule has 1 heterocycles. The Morgan fingerprint density at radius 2 is 1.92 bits per heavy atom. The summed E-state index contributed by atoms with van der Waals surface area (Å²) in [5, 5.41) is 0.605. The molecule has 1 amide bonds. The number of nitrogens with zero attached hydrogens (tertiary/aromatic N) is 1. The van der Waals surface area contributed by atoms with Gasteiger partial charge in [0.05, 0.1) is 11.3 Å². The average Bonchev–Trinajstić information content (AvgIpc) is 2.87. The van der Waals surface area contributed by atoms with E-state index in [2.05, 4.69) is 4.72 Å². The van der Waals surface area contributed by atoms with Crippen LogP contribution in [0, 0.1) is 0 Å². The molecule has 1 N–H and O–H groups in total. The SMILES string of the molecule is CN1C(=O)Cc2cc(S(=O)(=O)NCCOc3ccc(Cl)cc3)ccc21. The van der Waals surface area contributed by atoms with Gasteiger partial charge in [0.2, 0.25) is 15.9 Å². The molecule has 0 radical (unpaired) electrons. The molecule has 2 aromatic carbocycles. The number of carbonyl (C=O) groups excluding carboxylic acids is 1. The molecule has 25 heavy (non-hydrogen) atoms. The number of amides is 1. The summed E-state index contributed by atoms with van der Waals surface area (Å²) < 4.78 is 32.7. The smallest absolute Gasteiger partial charge is 0.240 e. The molecule has 3 rings (SSSR count). The normalized spacial score (nSPS) is 13.8. The van der Waals surface area contributed by atoms with Gasteiger partial charge in [-0.15, -0.1) is 0 Å². The zero-order chi connectivity index (χ0) is 18.0. The van der Waals surface area contributed by atoms with Crippen molar-refractivity contribution in [2.24, 2.45) is 0 Å². The van der Waals surface area contributed by atoms with Crippen molar-refractivity contribution in [3.8, 4) is 5.75 Å². The van der Waals surface area contributed by atoms with Gasteiger partial charge < -0.3 is 9.64 Å². The van der Waals surface area contributed by atoms with Crippen LogP contribution in [0.4, 0.5) is 5.69 Å². The standard InChI is InChI=1S/C17H17ClN2O4S/c1-20-16-7-6-15(10-12(16)11-17(20)21)25(22,23)19-8-9-24-14-4-2-13(18)3-5-14/h2-7,10,19H,8-9,11H2,1H3. The minimum absolute atomic E-state index is 0.0473. The third-order valence-electron chi connectivity index (χ3n) is 3.91. The number of carbonyl (C=O) groups is 1. The third kappa shape index (κ3) is 3.95. The van der Waals surface area contributed by atoms with Gasteiger partial charge in [-0.2, -0.15) is 0 Å². The molecule has 0 saturated heterocycles. The molecule has 1 aliphatic heterocycles. The summed E-state index contributed by atoms with van der Waals surface area (Å²) in [7, 11) is -1.98. The van der Waals surface area contributed by atoms with Crippen LogP contribution in [0.3, 0.4) is 0 Å². The Morgan fingerprint density at radius 3 is 2.64 bits per heavy atom. The third-order valence-corrected chi connectivity index (χ3v) is 5.63. The molecular weight excluding hydrogens is 364 g/mol. The van der Waals surface area contributed by atoms with Gasteiger partial charge >= 0.3 is 0 Å². The van der Waals surface area contributed by atoms with Crippen molar-refractivity contribution in [1.82, 2.24) is 4.72 Å². The predicted octanol–water partition coefficient (Wildman–Crippen LogP) is 2.22. The fourth-order valence-corrected chi connectivity index (χ4v) is 3.76. The Bertz CT molecular complexity index is 897. The number of anilines is 1. The molecule has 6 nitrogen and oxygen atoms in total. The molecule has 132 valence electrons. The molecule has 1 aliphatic rings. The molecule has 2 aromatic rings. The highest BCUT2D eigenvalue weighted by atomic mass is 35.5. The second-order valence-electron chi connectivity index (χ2n) is 5.62. The maximum absolute atomic E-state index is 12.4. The summed E-state index contributed by atoms with van der Waals surface area (Å²) in [6.45, 7) is 0.313. The second-order valence-corrected chi connectivity index (χ2v) is 7.82. The number of fused-ring (bicyclic) bond motifs is 1. The number of nitrogens with one attached hydrogen (secondary N) is 1. The Labute approximate surface area is 151 Å². The zero-order valence-electron chi connectivity index (χ0n) is 13.5. The van der Waals surface area contributed by atoms with E-state index in [1.54, 1.807) is 43.4 Å². The van der Waals surface area contributed by atoms with Crippen molar-refractivity contribution in [1.29, 1.82) is 0 Å². The van der Waals surface area contributed by atoms with Crippen molar-refractivity contribution < 1.29 is 17.9 Å². The minimum Gasteiger partial charge on any atom is -0.492 e. The number of sulfonamides is 1. The van der Waals surface area contributed by atoms with Crippen molar-refractivity contribution in [2.75, 3.05) is 25.1 Å². The van der Waals surface area contributed by atoms with Crippen LogP contribution in [-0.2, 0) is 21.2 Å². The lowest BCUT2D eigenvalue weighted by atomic mass is 10.2. The summed E-state index contributed by atoms with van der Waals surface area (Å²) in [4.78, 5) is 13.4. The van der Waals surface area contributed by atoms with Crippen molar-refractivity contribution in [3.63, 3.8) is 0 Å². The summed E-state index contributed by atoms with van der Waals surface area (Å²) >= 11 is 5.79. The number of hydrogen-bond acceptors (Lipinski definition) is 4. The van der Waals surface area contributed by atoms with Crippen LogP contribution in [0.25, 0.3) is 0 Å². The molecule has 0 fully saturated rings. The van der Waals surface area contributed by atoms with Crippen LogP contribution >= 0.6 is 11.6 Å². The Morgan fingerprint density at radius 1 is 1.20 bits per heavy atom. The quantitative estimate of drug-likeness (QED) is 0.779. The van der Waals surface area contributed by atoms with E-state index in [0.717, 1.165) is 5.69 Å². The fraction of sp³-hybridized carbons (Fsp3) is 0.235. The van der Waals surface area contributed by atoms with Gasteiger partial charge in [-0.25, -0.2) is 13.1 Å². The lowest BCUT2D eigenvalue weighted by Gasteiger charge is -2.12. The maximum atomic E-state index is 12.4. The number of ether oxygens (including phenoxy) is 1. The molecule has 0 saturated carbocycles. The molecule has 0 bridgehead atoms. The second kappa shape index (κ2) is 7.03. The van der Waals surface area contributed by atoms with E-state index in [9.17, 15) is 13.2 Å².